The minimum atomic E-state index is -0.225. The molecule has 1 aliphatic rings. The number of aromatic amines is 1. The van der Waals surface area contributed by atoms with Crippen LogP contribution < -0.4 is 0 Å². The van der Waals surface area contributed by atoms with Crippen LogP contribution in [0.3, 0.4) is 0 Å². The lowest BCUT2D eigenvalue weighted by atomic mass is 10.2. The van der Waals surface area contributed by atoms with Gasteiger partial charge in [-0.3, -0.25) is 4.90 Å². The third-order valence-corrected chi connectivity index (χ3v) is 4.26. The van der Waals surface area contributed by atoms with Crippen molar-refractivity contribution >= 4 is 11.0 Å². The Morgan fingerprint density at radius 1 is 1.30 bits per heavy atom. The first-order valence-electron chi connectivity index (χ1n) is 7.29. The smallest absolute Gasteiger partial charge is 0.125 e. The van der Waals surface area contributed by atoms with Gasteiger partial charge in [0, 0.05) is 26.2 Å². The third kappa shape index (κ3) is 2.55. The molecule has 1 saturated heterocycles. The van der Waals surface area contributed by atoms with Crippen molar-refractivity contribution < 1.29 is 4.39 Å². The Kier molecular flexibility index (Phi) is 3.72. The van der Waals surface area contributed by atoms with E-state index in [1.165, 1.54) is 12.1 Å². The van der Waals surface area contributed by atoms with E-state index in [9.17, 15) is 4.39 Å². The summed E-state index contributed by atoms with van der Waals surface area (Å²) in [7, 11) is 0. The molecule has 1 fully saturated rings. The normalized spacial score (nSPS) is 19.6. The maximum atomic E-state index is 13.2. The van der Waals surface area contributed by atoms with Gasteiger partial charge in [-0.2, -0.15) is 0 Å². The van der Waals surface area contributed by atoms with Gasteiger partial charge in [-0.25, -0.2) is 9.37 Å². The summed E-state index contributed by atoms with van der Waals surface area (Å²) < 4.78 is 13.2. The number of nitrogens with zero attached hydrogens (tertiary/aromatic N) is 3. The number of H-pyrrole nitrogens is 1. The number of fused-ring (bicyclic) bond motifs is 1. The molecule has 1 unspecified atom stereocenters. The first-order chi connectivity index (χ1) is 9.67. The molecular weight excluding hydrogens is 255 g/mol. The Bertz CT molecular complexity index is 587. The second-order valence-corrected chi connectivity index (χ2v) is 5.43. The highest BCUT2D eigenvalue weighted by atomic mass is 19.1. The molecule has 0 amide bonds. The molecule has 1 aromatic carbocycles. The summed E-state index contributed by atoms with van der Waals surface area (Å²) in [6.45, 7) is 9.81. The van der Waals surface area contributed by atoms with Crippen LogP contribution in [0.4, 0.5) is 4.39 Å². The van der Waals surface area contributed by atoms with E-state index in [0.29, 0.717) is 0 Å². The van der Waals surface area contributed by atoms with E-state index in [1.54, 1.807) is 6.07 Å². The average Bonchev–Trinajstić information content (AvgIpc) is 2.89. The van der Waals surface area contributed by atoms with Crippen LogP contribution in [0.1, 0.15) is 25.7 Å². The molecular formula is C15H21FN4. The highest BCUT2D eigenvalue weighted by molar-refractivity contribution is 5.75. The van der Waals surface area contributed by atoms with E-state index in [0.717, 1.165) is 49.6 Å². The quantitative estimate of drug-likeness (QED) is 0.935. The number of likely N-dealkylation sites (N-methyl/N-ethyl adjacent to an activating group) is 1. The molecule has 5 heteroatoms. The molecule has 108 valence electrons. The number of aromatic nitrogens is 2. The summed E-state index contributed by atoms with van der Waals surface area (Å²) in [4.78, 5) is 12.7. The molecule has 2 aromatic rings. The molecule has 0 bridgehead atoms. The van der Waals surface area contributed by atoms with Gasteiger partial charge in [-0.15, -0.1) is 0 Å². The highest BCUT2D eigenvalue weighted by Crippen LogP contribution is 2.22. The Morgan fingerprint density at radius 2 is 2.05 bits per heavy atom. The van der Waals surface area contributed by atoms with Gasteiger partial charge in [0.25, 0.3) is 0 Å². The van der Waals surface area contributed by atoms with E-state index in [1.807, 2.05) is 0 Å². The summed E-state index contributed by atoms with van der Waals surface area (Å²) >= 11 is 0. The Hall–Kier alpha value is -1.46. The standard InChI is InChI=1S/C15H21FN4/c1-3-19-6-8-20(9-7-19)11(2)15-17-13-5-4-12(16)10-14(13)18-15/h4-5,10-11H,3,6-9H2,1-2H3,(H,17,18). The number of imidazole rings is 1. The van der Waals surface area contributed by atoms with Gasteiger partial charge in [0.2, 0.25) is 0 Å². The number of nitrogens with one attached hydrogen (secondary N) is 1. The minimum absolute atomic E-state index is 0.225. The molecule has 1 atom stereocenters. The second-order valence-electron chi connectivity index (χ2n) is 5.43. The summed E-state index contributed by atoms with van der Waals surface area (Å²) in [5.74, 6) is 0.701. The maximum absolute atomic E-state index is 13.2. The fraction of sp³-hybridized carbons (Fsp3) is 0.533. The fourth-order valence-electron chi connectivity index (χ4n) is 2.84. The number of hydrogen-bond acceptors (Lipinski definition) is 3. The van der Waals surface area contributed by atoms with Crippen molar-refractivity contribution in [2.24, 2.45) is 0 Å². The zero-order valence-electron chi connectivity index (χ0n) is 12.1. The lowest BCUT2D eigenvalue weighted by Gasteiger charge is -2.36. The first-order valence-corrected chi connectivity index (χ1v) is 7.29. The van der Waals surface area contributed by atoms with E-state index in [4.69, 9.17) is 0 Å². The van der Waals surface area contributed by atoms with Crippen molar-refractivity contribution in [2.75, 3.05) is 32.7 Å². The van der Waals surface area contributed by atoms with Crippen LogP contribution in [0.25, 0.3) is 11.0 Å². The molecule has 0 aliphatic carbocycles. The van der Waals surface area contributed by atoms with E-state index in [2.05, 4.69) is 33.6 Å². The number of hydrogen-bond donors (Lipinski definition) is 1. The molecule has 3 rings (SSSR count). The average molecular weight is 276 g/mol. The van der Waals surface area contributed by atoms with Crippen LogP contribution in [-0.2, 0) is 0 Å². The summed E-state index contributed by atoms with van der Waals surface area (Å²) in [6, 6.07) is 4.93. The Labute approximate surface area is 118 Å². The highest BCUT2D eigenvalue weighted by Gasteiger charge is 2.23. The minimum Gasteiger partial charge on any atom is -0.341 e. The monoisotopic (exact) mass is 276 g/mol. The fourth-order valence-corrected chi connectivity index (χ4v) is 2.84. The second kappa shape index (κ2) is 5.50. The summed E-state index contributed by atoms with van der Waals surface area (Å²) in [6.07, 6.45) is 0. The van der Waals surface area contributed by atoms with Gasteiger partial charge in [-0.05, 0) is 31.7 Å². The van der Waals surface area contributed by atoms with Crippen LogP contribution in [0.5, 0.6) is 0 Å². The van der Waals surface area contributed by atoms with Crippen LogP contribution in [-0.4, -0.2) is 52.5 Å². The molecule has 1 aromatic heterocycles. The van der Waals surface area contributed by atoms with Gasteiger partial charge in [0.15, 0.2) is 0 Å². The van der Waals surface area contributed by atoms with Gasteiger partial charge < -0.3 is 9.88 Å². The van der Waals surface area contributed by atoms with Crippen molar-refractivity contribution in [1.82, 2.24) is 19.8 Å². The van der Waals surface area contributed by atoms with Crippen LogP contribution in [0.15, 0.2) is 18.2 Å². The van der Waals surface area contributed by atoms with Crippen LogP contribution in [0, 0.1) is 5.82 Å². The summed E-state index contributed by atoms with van der Waals surface area (Å²) in [5, 5.41) is 0. The molecule has 2 heterocycles. The number of halogens is 1. The Morgan fingerprint density at radius 3 is 2.75 bits per heavy atom. The van der Waals surface area contributed by atoms with E-state index in [-0.39, 0.29) is 11.9 Å². The first kappa shape index (κ1) is 13.5. The predicted octanol–water partition coefficient (Wildman–Crippen LogP) is 2.40. The number of piperazine rings is 1. The van der Waals surface area contributed by atoms with E-state index < -0.39 is 0 Å². The van der Waals surface area contributed by atoms with Crippen LogP contribution in [0.2, 0.25) is 0 Å². The zero-order chi connectivity index (χ0) is 14.1. The molecule has 0 spiro atoms. The van der Waals surface area contributed by atoms with Crippen molar-refractivity contribution in [3.63, 3.8) is 0 Å². The molecule has 1 N–H and O–H groups in total. The molecule has 1 aliphatic heterocycles. The zero-order valence-corrected chi connectivity index (χ0v) is 12.1. The van der Waals surface area contributed by atoms with Gasteiger partial charge in [-0.1, -0.05) is 6.92 Å². The molecule has 20 heavy (non-hydrogen) atoms. The van der Waals surface area contributed by atoms with Crippen molar-refractivity contribution in [3.8, 4) is 0 Å². The topological polar surface area (TPSA) is 35.2 Å². The molecule has 0 saturated carbocycles. The van der Waals surface area contributed by atoms with Crippen molar-refractivity contribution in [2.45, 2.75) is 19.9 Å². The lowest BCUT2D eigenvalue weighted by Crippen LogP contribution is -2.47. The van der Waals surface area contributed by atoms with Crippen LogP contribution >= 0.6 is 0 Å². The largest absolute Gasteiger partial charge is 0.341 e. The van der Waals surface area contributed by atoms with Gasteiger partial charge in [0.1, 0.15) is 11.6 Å². The summed E-state index contributed by atoms with van der Waals surface area (Å²) in [5.41, 5.74) is 1.61. The lowest BCUT2D eigenvalue weighted by molar-refractivity contribution is 0.103. The molecule has 0 radical (unpaired) electrons. The predicted molar refractivity (Wildman–Crippen MR) is 78.2 cm³/mol. The third-order valence-electron chi connectivity index (χ3n) is 4.26. The SMILES string of the molecule is CCN1CCN(C(C)c2nc3ccc(F)cc3[nH]2)CC1. The van der Waals surface area contributed by atoms with Gasteiger partial charge >= 0.3 is 0 Å². The van der Waals surface area contributed by atoms with E-state index >= 15 is 0 Å². The number of benzene rings is 1. The van der Waals surface area contributed by atoms with Crippen molar-refractivity contribution in [1.29, 1.82) is 0 Å². The molecule has 4 nitrogen and oxygen atoms in total. The Balaban J connectivity index is 1.77. The van der Waals surface area contributed by atoms with Crippen molar-refractivity contribution in [3.05, 3.63) is 29.8 Å². The van der Waals surface area contributed by atoms with Gasteiger partial charge in [0.05, 0.1) is 17.1 Å². The maximum Gasteiger partial charge on any atom is 0.125 e. The number of rotatable bonds is 3.